The molecule has 0 spiro atoms. The minimum Gasteiger partial charge on any atom is -0.481 e. The Balaban J connectivity index is 3.06. The smallest absolute Gasteiger partial charge is 0.307 e. The molecule has 108 valence electrons. The summed E-state index contributed by atoms with van der Waals surface area (Å²) in [5.74, 6) is -2.89. The van der Waals surface area contributed by atoms with Crippen LogP contribution >= 0.6 is 0 Å². The molecule has 8 heteroatoms. The van der Waals surface area contributed by atoms with E-state index in [4.69, 9.17) is 10.4 Å². The van der Waals surface area contributed by atoms with E-state index >= 15 is 0 Å². The Labute approximate surface area is 115 Å². The molecule has 0 heterocycles. The van der Waals surface area contributed by atoms with Crippen molar-refractivity contribution in [1.82, 2.24) is 4.72 Å². The summed E-state index contributed by atoms with van der Waals surface area (Å²) in [6.07, 6.45) is 0. The highest BCUT2D eigenvalue weighted by Gasteiger charge is 2.25. The fraction of sp³-hybridized carbons (Fsp3) is 0.333. The standard InChI is InChI=1S/C12H13FN2O4S/c1-7(12(16)17)8(2)15-20(18,19)10-3-4-11(13)9(5-10)6-14/h3-5,7-8,15H,1-2H3,(H,16,17). The first-order valence-corrected chi connectivity index (χ1v) is 7.12. The number of nitrogens with zero attached hydrogens (tertiary/aromatic N) is 1. The zero-order valence-corrected chi connectivity index (χ0v) is 11.6. The molecule has 0 bridgehead atoms. The van der Waals surface area contributed by atoms with Gasteiger partial charge < -0.3 is 5.11 Å². The molecule has 0 saturated heterocycles. The van der Waals surface area contributed by atoms with Gasteiger partial charge in [-0.25, -0.2) is 17.5 Å². The fourth-order valence-electron chi connectivity index (χ4n) is 1.39. The van der Waals surface area contributed by atoms with Gasteiger partial charge in [-0.1, -0.05) is 6.92 Å². The summed E-state index contributed by atoms with van der Waals surface area (Å²) in [6, 6.07) is 3.47. The monoisotopic (exact) mass is 300 g/mol. The highest BCUT2D eigenvalue weighted by atomic mass is 32.2. The van der Waals surface area contributed by atoms with Crippen molar-refractivity contribution in [3.8, 4) is 6.07 Å². The Hall–Kier alpha value is -1.98. The molecule has 0 aliphatic rings. The van der Waals surface area contributed by atoms with Crippen LogP contribution in [-0.4, -0.2) is 25.5 Å². The third kappa shape index (κ3) is 3.53. The average molecular weight is 300 g/mol. The summed E-state index contributed by atoms with van der Waals surface area (Å²) >= 11 is 0. The molecule has 0 fully saturated rings. The topological polar surface area (TPSA) is 107 Å². The maximum atomic E-state index is 13.1. The first-order chi connectivity index (χ1) is 9.19. The number of benzene rings is 1. The summed E-state index contributed by atoms with van der Waals surface area (Å²) in [6.45, 7) is 2.77. The lowest BCUT2D eigenvalue weighted by Crippen LogP contribution is -2.40. The van der Waals surface area contributed by atoms with Crippen molar-refractivity contribution in [2.75, 3.05) is 0 Å². The molecule has 0 aliphatic carbocycles. The third-order valence-corrected chi connectivity index (χ3v) is 4.41. The largest absolute Gasteiger partial charge is 0.481 e. The summed E-state index contributed by atoms with van der Waals surface area (Å²) in [4.78, 5) is 10.5. The van der Waals surface area contributed by atoms with Gasteiger partial charge in [0.15, 0.2) is 0 Å². The number of carbonyl (C=O) groups is 1. The number of nitriles is 1. The van der Waals surface area contributed by atoms with Gasteiger partial charge in [-0.05, 0) is 25.1 Å². The van der Waals surface area contributed by atoms with Crippen LogP contribution < -0.4 is 4.72 Å². The van der Waals surface area contributed by atoms with Gasteiger partial charge in [-0.2, -0.15) is 5.26 Å². The van der Waals surface area contributed by atoms with Gasteiger partial charge in [0.2, 0.25) is 10.0 Å². The van der Waals surface area contributed by atoms with Crippen molar-refractivity contribution in [2.24, 2.45) is 5.92 Å². The van der Waals surface area contributed by atoms with Gasteiger partial charge in [-0.15, -0.1) is 0 Å². The molecule has 0 amide bonds. The second-order valence-electron chi connectivity index (χ2n) is 4.29. The average Bonchev–Trinajstić information content (AvgIpc) is 2.37. The van der Waals surface area contributed by atoms with E-state index in [0.717, 1.165) is 18.2 Å². The minimum atomic E-state index is -4.02. The molecule has 0 radical (unpaired) electrons. The summed E-state index contributed by atoms with van der Waals surface area (Å²) in [5.41, 5.74) is -0.396. The molecule has 6 nitrogen and oxygen atoms in total. The molecular formula is C12H13FN2O4S. The van der Waals surface area contributed by atoms with E-state index in [1.807, 2.05) is 0 Å². The Kier molecular flexibility index (Phi) is 4.81. The molecule has 0 aliphatic heterocycles. The van der Waals surface area contributed by atoms with Crippen LogP contribution in [0.4, 0.5) is 4.39 Å². The first kappa shape index (κ1) is 16.1. The van der Waals surface area contributed by atoms with E-state index in [2.05, 4.69) is 4.72 Å². The van der Waals surface area contributed by atoms with Gasteiger partial charge in [0, 0.05) is 6.04 Å². The molecule has 0 aromatic heterocycles. The van der Waals surface area contributed by atoms with Crippen LogP contribution in [0.1, 0.15) is 19.4 Å². The molecule has 20 heavy (non-hydrogen) atoms. The van der Waals surface area contributed by atoms with Crippen molar-refractivity contribution >= 4 is 16.0 Å². The molecule has 2 unspecified atom stereocenters. The highest BCUT2D eigenvalue weighted by Crippen LogP contribution is 2.16. The number of rotatable bonds is 5. The summed E-state index contributed by atoms with van der Waals surface area (Å²) in [7, 11) is -4.02. The Morgan fingerprint density at radius 1 is 1.45 bits per heavy atom. The van der Waals surface area contributed by atoms with Crippen molar-refractivity contribution < 1.29 is 22.7 Å². The van der Waals surface area contributed by atoms with E-state index in [9.17, 15) is 17.6 Å². The van der Waals surface area contributed by atoms with Crippen LogP contribution in [0, 0.1) is 23.1 Å². The number of nitrogens with one attached hydrogen (secondary N) is 1. The van der Waals surface area contributed by atoms with Crippen molar-refractivity contribution in [3.05, 3.63) is 29.6 Å². The highest BCUT2D eigenvalue weighted by molar-refractivity contribution is 7.89. The molecule has 2 atom stereocenters. The maximum absolute atomic E-state index is 13.1. The number of halogens is 1. The van der Waals surface area contributed by atoms with Crippen LogP contribution in [0.5, 0.6) is 0 Å². The minimum absolute atomic E-state index is 0.292. The van der Waals surface area contributed by atoms with Crippen LogP contribution in [0.2, 0.25) is 0 Å². The number of hydrogen-bond donors (Lipinski definition) is 2. The Morgan fingerprint density at radius 3 is 2.55 bits per heavy atom. The van der Waals surface area contributed by atoms with E-state index < -0.39 is 39.3 Å². The maximum Gasteiger partial charge on any atom is 0.307 e. The molecular weight excluding hydrogens is 287 g/mol. The lowest BCUT2D eigenvalue weighted by Gasteiger charge is -2.17. The number of aliphatic carboxylic acids is 1. The second kappa shape index (κ2) is 5.98. The summed E-state index contributed by atoms with van der Waals surface area (Å²) < 4.78 is 39.3. The summed E-state index contributed by atoms with van der Waals surface area (Å²) in [5, 5.41) is 17.5. The predicted octanol–water partition coefficient (Wildman–Crippen LogP) is 1.08. The van der Waals surface area contributed by atoms with Crippen molar-refractivity contribution in [1.29, 1.82) is 5.26 Å². The van der Waals surface area contributed by atoms with Gasteiger partial charge in [0.05, 0.1) is 16.4 Å². The lowest BCUT2D eigenvalue weighted by atomic mass is 10.1. The first-order valence-electron chi connectivity index (χ1n) is 5.64. The van der Waals surface area contributed by atoms with E-state index in [1.54, 1.807) is 6.07 Å². The van der Waals surface area contributed by atoms with Crippen LogP contribution in [0.25, 0.3) is 0 Å². The van der Waals surface area contributed by atoms with Gasteiger partial charge in [0.1, 0.15) is 11.9 Å². The predicted molar refractivity (Wildman–Crippen MR) is 67.7 cm³/mol. The molecule has 2 N–H and O–H groups in total. The van der Waals surface area contributed by atoms with Crippen LogP contribution in [0.15, 0.2) is 23.1 Å². The fourth-order valence-corrected chi connectivity index (χ4v) is 2.74. The molecule has 1 aromatic rings. The van der Waals surface area contributed by atoms with E-state index in [-0.39, 0.29) is 4.90 Å². The lowest BCUT2D eigenvalue weighted by molar-refractivity contribution is -0.141. The zero-order valence-electron chi connectivity index (χ0n) is 10.8. The number of hydrogen-bond acceptors (Lipinski definition) is 4. The second-order valence-corrected chi connectivity index (χ2v) is 6.00. The van der Waals surface area contributed by atoms with E-state index in [0.29, 0.717) is 0 Å². The number of carboxylic acid groups (broad SMARTS) is 1. The molecule has 1 aromatic carbocycles. The quantitative estimate of drug-likeness (QED) is 0.846. The SMILES string of the molecule is CC(NS(=O)(=O)c1ccc(F)c(C#N)c1)C(C)C(=O)O. The molecule has 0 saturated carbocycles. The number of carboxylic acids is 1. The van der Waals surface area contributed by atoms with Gasteiger partial charge in [-0.3, -0.25) is 4.79 Å². The van der Waals surface area contributed by atoms with Crippen LogP contribution in [0.3, 0.4) is 0 Å². The van der Waals surface area contributed by atoms with Crippen LogP contribution in [-0.2, 0) is 14.8 Å². The molecule has 1 rings (SSSR count). The van der Waals surface area contributed by atoms with E-state index in [1.165, 1.54) is 13.8 Å². The Bertz CT molecular complexity index is 667. The van der Waals surface area contributed by atoms with Gasteiger partial charge >= 0.3 is 5.97 Å². The zero-order chi connectivity index (χ0) is 15.5. The van der Waals surface area contributed by atoms with Crippen molar-refractivity contribution in [2.45, 2.75) is 24.8 Å². The number of sulfonamides is 1. The van der Waals surface area contributed by atoms with Crippen molar-refractivity contribution in [3.63, 3.8) is 0 Å². The van der Waals surface area contributed by atoms with Gasteiger partial charge in [0.25, 0.3) is 0 Å². The normalized spacial score (nSPS) is 14.3. The Morgan fingerprint density at radius 2 is 2.05 bits per heavy atom. The third-order valence-electron chi connectivity index (χ3n) is 2.85.